The number of hydrogen-bond acceptors (Lipinski definition) is 2. The molecule has 1 aromatic heterocycles. The summed E-state index contributed by atoms with van der Waals surface area (Å²) in [5.74, 6) is 1.41. The molecule has 0 aromatic carbocycles. The molecule has 0 saturated carbocycles. The van der Waals surface area contributed by atoms with Gasteiger partial charge in [-0.2, -0.15) is 0 Å². The van der Waals surface area contributed by atoms with Crippen molar-refractivity contribution in [3.8, 4) is 0 Å². The molecule has 1 fully saturated rings. The van der Waals surface area contributed by atoms with E-state index in [0.29, 0.717) is 5.92 Å². The van der Waals surface area contributed by atoms with Crippen LogP contribution in [0.3, 0.4) is 0 Å². The average Bonchev–Trinajstić information content (AvgIpc) is 2.29. The van der Waals surface area contributed by atoms with E-state index in [1.54, 1.807) is 0 Å². The largest absolute Gasteiger partial charge is 0.317 e. The lowest BCUT2D eigenvalue weighted by Gasteiger charge is -2.28. The van der Waals surface area contributed by atoms with Gasteiger partial charge in [-0.25, -0.2) is 0 Å². The van der Waals surface area contributed by atoms with Crippen LogP contribution >= 0.6 is 0 Å². The Labute approximate surface area is 92.1 Å². The Balaban J connectivity index is 2.08. The van der Waals surface area contributed by atoms with Gasteiger partial charge >= 0.3 is 0 Å². The number of pyridine rings is 1. The highest BCUT2D eigenvalue weighted by Crippen LogP contribution is 2.29. The van der Waals surface area contributed by atoms with E-state index in [2.05, 4.69) is 42.3 Å². The Morgan fingerprint density at radius 3 is 2.73 bits per heavy atom. The Morgan fingerprint density at radius 1 is 1.33 bits per heavy atom. The highest BCUT2D eigenvalue weighted by Gasteiger charge is 2.21. The summed E-state index contributed by atoms with van der Waals surface area (Å²) in [5, 5.41) is 3.41. The van der Waals surface area contributed by atoms with Gasteiger partial charge in [0.25, 0.3) is 0 Å². The lowest BCUT2D eigenvalue weighted by atomic mass is 9.84. The van der Waals surface area contributed by atoms with E-state index in [9.17, 15) is 0 Å². The van der Waals surface area contributed by atoms with Crippen molar-refractivity contribution in [3.05, 3.63) is 29.6 Å². The van der Waals surface area contributed by atoms with Gasteiger partial charge in [-0.3, -0.25) is 4.98 Å². The Bertz CT molecular complexity index is 316. The molecule has 2 nitrogen and oxygen atoms in total. The fourth-order valence-corrected chi connectivity index (χ4v) is 2.40. The van der Waals surface area contributed by atoms with Crippen LogP contribution in [0.5, 0.6) is 0 Å². The number of hydrogen-bond donors (Lipinski definition) is 1. The van der Waals surface area contributed by atoms with Gasteiger partial charge in [0.15, 0.2) is 0 Å². The molecule has 2 rings (SSSR count). The van der Waals surface area contributed by atoms with Gasteiger partial charge < -0.3 is 5.32 Å². The first-order valence-electron chi connectivity index (χ1n) is 5.91. The quantitative estimate of drug-likeness (QED) is 0.800. The van der Waals surface area contributed by atoms with E-state index in [-0.39, 0.29) is 0 Å². The van der Waals surface area contributed by atoms with E-state index in [0.717, 1.165) is 11.6 Å². The number of nitrogens with one attached hydrogen (secondary N) is 1. The second kappa shape index (κ2) is 4.75. The SMILES string of the molecule is Cc1cccc(C(C)C2CCNCC2)n1. The summed E-state index contributed by atoms with van der Waals surface area (Å²) < 4.78 is 0. The summed E-state index contributed by atoms with van der Waals surface area (Å²) in [6, 6.07) is 6.35. The van der Waals surface area contributed by atoms with Crippen molar-refractivity contribution in [2.45, 2.75) is 32.6 Å². The van der Waals surface area contributed by atoms with Gasteiger partial charge in [0.05, 0.1) is 0 Å². The van der Waals surface area contributed by atoms with Crippen LogP contribution in [0.25, 0.3) is 0 Å². The van der Waals surface area contributed by atoms with Crippen molar-refractivity contribution in [1.29, 1.82) is 0 Å². The topological polar surface area (TPSA) is 24.9 Å². The van der Waals surface area contributed by atoms with Gasteiger partial charge in [-0.15, -0.1) is 0 Å². The molecule has 1 aliphatic rings. The van der Waals surface area contributed by atoms with Crippen molar-refractivity contribution >= 4 is 0 Å². The molecule has 0 spiro atoms. The number of rotatable bonds is 2. The number of piperidine rings is 1. The molecule has 1 aromatic rings. The van der Waals surface area contributed by atoms with E-state index in [4.69, 9.17) is 0 Å². The Kier molecular flexibility index (Phi) is 3.37. The van der Waals surface area contributed by atoms with Crippen molar-refractivity contribution < 1.29 is 0 Å². The predicted octanol–water partition coefficient (Wildman–Crippen LogP) is 2.49. The monoisotopic (exact) mass is 204 g/mol. The summed E-state index contributed by atoms with van der Waals surface area (Å²) in [6.07, 6.45) is 2.58. The summed E-state index contributed by atoms with van der Waals surface area (Å²) in [5.41, 5.74) is 2.40. The van der Waals surface area contributed by atoms with Crippen LogP contribution in [0.2, 0.25) is 0 Å². The highest BCUT2D eigenvalue weighted by atomic mass is 14.9. The van der Waals surface area contributed by atoms with Gasteiger partial charge in [-0.1, -0.05) is 13.0 Å². The van der Waals surface area contributed by atoms with Crippen molar-refractivity contribution in [2.24, 2.45) is 5.92 Å². The number of aromatic nitrogens is 1. The summed E-state index contributed by atoms with van der Waals surface area (Å²) >= 11 is 0. The molecule has 0 aliphatic carbocycles. The Morgan fingerprint density at radius 2 is 2.07 bits per heavy atom. The first kappa shape index (κ1) is 10.6. The standard InChI is InChI=1S/C13H20N2/c1-10-4-3-5-13(15-10)11(2)12-6-8-14-9-7-12/h3-5,11-12,14H,6-9H2,1-2H3. The molecule has 2 heteroatoms. The molecule has 15 heavy (non-hydrogen) atoms. The van der Waals surface area contributed by atoms with Crippen LogP contribution < -0.4 is 5.32 Å². The van der Waals surface area contributed by atoms with Gasteiger partial charge in [0, 0.05) is 17.3 Å². The molecule has 1 N–H and O–H groups in total. The maximum atomic E-state index is 4.63. The maximum absolute atomic E-state index is 4.63. The zero-order valence-electron chi connectivity index (χ0n) is 9.66. The number of nitrogens with zero attached hydrogens (tertiary/aromatic N) is 1. The van der Waals surface area contributed by atoms with Crippen LogP contribution in [-0.2, 0) is 0 Å². The minimum absolute atomic E-state index is 0.604. The van der Waals surface area contributed by atoms with Crippen LogP contribution in [0.4, 0.5) is 0 Å². The van der Waals surface area contributed by atoms with Crippen molar-refractivity contribution in [1.82, 2.24) is 10.3 Å². The number of aryl methyl sites for hydroxylation is 1. The molecule has 0 bridgehead atoms. The van der Waals surface area contributed by atoms with Crippen LogP contribution in [0, 0.1) is 12.8 Å². The molecule has 1 atom stereocenters. The maximum Gasteiger partial charge on any atom is 0.0437 e. The van der Waals surface area contributed by atoms with Crippen LogP contribution in [0.1, 0.15) is 37.1 Å². The summed E-state index contributed by atoms with van der Waals surface area (Å²) in [6.45, 7) is 6.72. The lowest BCUT2D eigenvalue weighted by Crippen LogP contribution is -2.30. The fraction of sp³-hybridized carbons (Fsp3) is 0.615. The highest BCUT2D eigenvalue weighted by molar-refractivity contribution is 5.14. The van der Waals surface area contributed by atoms with Gasteiger partial charge in [0.2, 0.25) is 0 Å². The van der Waals surface area contributed by atoms with Crippen molar-refractivity contribution in [3.63, 3.8) is 0 Å². The zero-order chi connectivity index (χ0) is 10.7. The molecule has 1 aliphatic heterocycles. The normalized spacial score (nSPS) is 20.1. The van der Waals surface area contributed by atoms with E-state index in [1.807, 2.05) is 0 Å². The predicted molar refractivity (Wildman–Crippen MR) is 63.0 cm³/mol. The van der Waals surface area contributed by atoms with Gasteiger partial charge in [0.1, 0.15) is 0 Å². The zero-order valence-corrected chi connectivity index (χ0v) is 9.66. The van der Waals surface area contributed by atoms with Crippen LogP contribution in [0.15, 0.2) is 18.2 Å². The Hall–Kier alpha value is -0.890. The van der Waals surface area contributed by atoms with Crippen LogP contribution in [-0.4, -0.2) is 18.1 Å². The molecular formula is C13H20N2. The lowest BCUT2D eigenvalue weighted by molar-refractivity contribution is 0.326. The van der Waals surface area contributed by atoms with E-state index < -0.39 is 0 Å². The first-order chi connectivity index (χ1) is 7.27. The molecule has 0 amide bonds. The average molecular weight is 204 g/mol. The summed E-state index contributed by atoms with van der Waals surface area (Å²) in [7, 11) is 0. The second-order valence-corrected chi connectivity index (χ2v) is 4.58. The molecular weight excluding hydrogens is 184 g/mol. The third-order valence-corrected chi connectivity index (χ3v) is 3.47. The molecule has 1 unspecified atom stereocenters. The summed E-state index contributed by atoms with van der Waals surface area (Å²) in [4.78, 5) is 4.63. The minimum atomic E-state index is 0.604. The molecule has 1 saturated heterocycles. The van der Waals surface area contributed by atoms with E-state index in [1.165, 1.54) is 31.6 Å². The van der Waals surface area contributed by atoms with Gasteiger partial charge in [-0.05, 0) is 50.9 Å². The molecule has 82 valence electrons. The first-order valence-corrected chi connectivity index (χ1v) is 5.91. The van der Waals surface area contributed by atoms with Crippen molar-refractivity contribution in [2.75, 3.05) is 13.1 Å². The minimum Gasteiger partial charge on any atom is -0.317 e. The second-order valence-electron chi connectivity index (χ2n) is 4.58. The molecule has 0 radical (unpaired) electrons. The third-order valence-electron chi connectivity index (χ3n) is 3.47. The third kappa shape index (κ3) is 2.57. The smallest absolute Gasteiger partial charge is 0.0437 e. The van der Waals surface area contributed by atoms with E-state index >= 15 is 0 Å². The fourth-order valence-electron chi connectivity index (χ4n) is 2.40. The molecule has 2 heterocycles.